The monoisotopic (exact) mass is 528 g/mol. The number of carbonyl (C=O) groups excluding carboxylic acids is 2. The van der Waals surface area contributed by atoms with Crippen LogP contribution in [-0.2, 0) is 21.9 Å². The Morgan fingerprint density at radius 3 is 2.14 bits per heavy atom. The molecule has 1 aromatic heterocycles. The predicted molar refractivity (Wildman–Crippen MR) is 150 cm³/mol. The number of rotatable bonds is 9. The van der Waals surface area contributed by atoms with E-state index in [1.807, 2.05) is 20.8 Å². The van der Waals surface area contributed by atoms with Crippen molar-refractivity contribution in [2.24, 2.45) is 5.41 Å². The van der Waals surface area contributed by atoms with E-state index >= 15 is 0 Å². The number of aromatic nitrogens is 1. The number of thiocarbonyl (C=S) groups is 1. The normalized spacial score (nSPS) is 12.0. The fourth-order valence-electron chi connectivity index (χ4n) is 3.93. The van der Waals surface area contributed by atoms with Crippen LogP contribution >= 0.6 is 12.2 Å². The summed E-state index contributed by atoms with van der Waals surface area (Å²) in [4.78, 5) is 29.8. The highest BCUT2D eigenvalue weighted by Gasteiger charge is 2.36. The lowest BCUT2D eigenvalue weighted by atomic mass is 9.71. The van der Waals surface area contributed by atoms with Gasteiger partial charge in [-0.15, -0.1) is 6.42 Å². The van der Waals surface area contributed by atoms with E-state index < -0.39 is 11.3 Å². The van der Waals surface area contributed by atoms with E-state index in [9.17, 15) is 18.4 Å². The Kier molecular flexibility index (Phi) is 11.7. The Morgan fingerprint density at radius 2 is 1.70 bits per heavy atom. The van der Waals surface area contributed by atoms with Gasteiger partial charge in [-0.1, -0.05) is 50.3 Å². The van der Waals surface area contributed by atoms with Crippen molar-refractivity contribution in [2.45, 2.75) is 72.6 Å². The summed E-state index contributed by atoms with van der Waals surface area (Å²) < 4.78 is 25.9. The molecule has 4 nitrogen and oxygen atoms in total. The summed E-state index contributed by atoms with van der Waals surface area (Å²) in [6.07, 6.45) is 8.80. The van der Waals surface area contributed by atoms with Gasteiger partial charge in [0.15, 0.2) is 0 Å². The fraction of sp³-hybridized carbons (Fsp3) is 0.467. The van der Waals surface area contributed by atoms with Crippen molar-refractivity contribution < 1.29 is 18.4 Å². The molecule has 200 valence electrons. The molecule has 1 aromatic carbocycles. The zero-order valence-electron chi connectivity index (χ0n) is 23.1. The molecule has 2 aromatic rings. The van der Waals surface area contributed by atoms with Gasteiger partial charge in [0.05, 0.1) is 5.56 Å². The van der Waals surface area contributed by atoms with Crippen molar-refractivity contribution in [3.05, 3.63) is 64.5 Å². The minimum Gasteiger partial charge on any atom is -0.349 e. The minimum atomic E-state index is -2.93. The van der Waals surface area contributed by atoms with Gasteiger partial charge in [0.25, 0.3) is 5.92 Å². The van der Waals surface area contributed by atoms with E-state index in [2.05, 4.69) is 35.2 Å². The van der Waals surface area contributed by atoms with Crippen LogP contribution in [0.4, 0.5) is 8.78 Å². The van der Waals surface area contributed by atoms with Gasteiger partial charge in [-0.05, 0) is 67.2 Å². The minimum absolute atomic E-state index is 0.0121. The third kappa shape index (κ3) is 9.44. The number of Topliss-reactive ketones (excluding diaryl/α,β-unsaturated/α-hetero) is 1. The number of ketones is 1. The van der Waals surface area contributed by atoms with Gasteiger partial charge >= 0.3 is 0 Å². The smallest absolute Gasteiger partial charge is 0.273 e. The van der Waals surface area contributed by atoms with Crippen molar-refractivity contribution >= 4 is 28.8 Å². The van der Waals surface area contributed by atoms with E-state index in [1.165, 1.54) is 17.8 Å². The number of carbonyl (C=O) groups is 2. The average Bonchev–Trinajstić information content (AvgIpc) is 2.79. The van der Waals surface area contributed by atoms with Crippen LogP contribution in [0.2, 0.25) is 0 Å². The maximum atomic E-state index is 12.9. The molecule has 1 unspecified atom stereocenters. The van der Waals surface area contributed by atoms with E-state index in [0.29, 0.717) is 12.0 Å². The van der Waals surface area contributed by atoms with Crippen LogP contribution in [-0.4, -0.2) is 40.5 Å². The van der Waals surface area contributed by atoms with Gasteiger partial charge < -0.3 is 4.90 Å². The number of pyridine rings is 1. The average molecular weight is 529 g/mol. The molecule has 0 spiro atoms. The molecule has 0 saturated carbocycles. The molecule has 1 atom stereocenters. The number of aryl methyl sites for hydroxylation is 2. The Labute approximate surface area is 225 Å². The predicted octanol–water partition coefficient (Wildman–Crippen LogP) is 6.67. The summed E-state index contributed by atoms with van der Waals surface area (Å²) in [7, 11) is 3.56. The van der Waals surface area contributed by atoms with Crippen molar-refractivity contribution in [2.75, 3.05) is 14.1 Å². The first-order valence-electron chi connectivity index (χ1n) is 12.1. The zero-order chi connectivity index (χ0) is 28.6. The lowest BCUT2D eigenvalue weighted by Crippen LogP contribution is -2.33. The van der Waals surface area contributed by atoms with Gasteiger partial charge in [0.1, 0.15) is 11.5 Å². The maximum absolute atomic E-state index is 12.9. The first-order valence-corrected chi connectivity index (χ1v) is 12.5. The van der Waals surface area contributed by atoms with E-state index in [4.69, 9.17) is 18.6 Å². The summed E-state index contributed by atoms with van der Waals surface area (Å²) in [5.74, 6) is -0.552. The SMILES string of the molecule is C#Cc1ncc(C)cc1C(C)(F)F.CC(=O)C(C)(C)C(C(C)=S)c1ccc(CCCC(=O)N(C)C)cc1. The molecule has 37 heavy (non-hydrogen) atoms. The Balaban J connectivity index is 0.000000442. The van der Waals surface area contributed by atoms with Gasteiger partial charge in [-0.25, -0.2) is 13.8 Å². The third-order valence-corrected chi connectivity index (χ3v) is 6.57. The summed E-state index contributed by atoms with van der Waals surface area (Å²) in [6, 6.07) is 9.65. The Hall–Kier alpha value is -2.98. The van der Waals surface area contributed by atoms with Gasteiger partial charge in [0, 0.05) is 45.0 Å². The second-order valence-corrected chi connectivity index (χ2v) is 10.8. The summed E-state index contributed by atoms with van der Waals surface area (Å²) >= 11 is 5.43. The molecular weight excluding hydrogens is 490 g/mol. The van der Waals surface area contributed by atoms with Crippen LogP contribution in [0.3, 0.4) is 0 Å². The first-order chi connectivity index (χ1) is 17.0. The topological polar surface area (TPSA) is 50.3 Å². The van der Waals surface area contributed by atoms with Crippen molar-refractivity contribution in [1.82, 2.24) is 9.88 Å². The van der Waals surface area contributed by atoms with E-state index in [-0.39, 0.29) is 28.9 Å². The molecule has 0 fully saturated rings. The molecule has 0 bridgehead atoms. The molecule has 0 aliphatic rings. The molecule has 0 aliphatic carbocycles. The number of hydrogen-bond donors (Lipinski definition) is 0. The van der Waals surface area contributed by atoms with Crippen LogP contribution in [0.15, 0.2) is 36.5 Å². The van der Waals surface area contributed by atoms with Crippen molar-refractivity contribution in [1.29, 1.82) is 0 Å². The highest BCUT2D eigenvalue weighted by Crippen LogP contribution is 2.38. The van der Waals surface area contributed by atoms with Crippen LogP contribution in [0.1, 0.15) is 81.3 Å². The quantitative estimate of drug-likeness (QED) is 0.269. The zero-order valence-corrected chi connectivity index (χ0v) is 23.9. The van der Waals surface area contributed by atoms with Gasteiger partial charge in [0.2, 0.25) is 5.91 Å². The molecule has 1 amide bonds. The molecule has 1 heterocycles. The van der Waals surface area contributed by atoms with Crippen LogP contribution in [0.25, 0.3) is 0 Å². The summed E-state index contributed by atoms with van der Waals surface area (Å²) in [5, 5.41) is 0. The van der Waals surface area contributed by atoms with Gasteiger partial charge in [-0.3, -0.25) is 9.59 Å². The lowest BCUT2D eigenvalue weighted by Gasteiger charge is -2.32. The molecule has 0 N–H and O–H groups in total. The summed E-state index contributed by atoms with van der Waals surface area (Å²) in [6.45, 7) is 9.95. The second-order valence-electron chi connectivity index (χ2n) is 10.1. The first kappa shape index (κ1) is 32.0. The third-order valence-electron chi connectivity index (χ3n) is 6.34. The van der Waals surface area contributed by atoms with E-state index in [1.54, 1.807) is 32.8 Å². The van der Waals surface area contributed by atoms with Crippen LogP contribution in [0.5, 0.6) is 0 Å². The molecule has 0 aliphatic heterocycles. The number of benzene rings is 1. The van der Waals surface area contributed by atoms with E-state index in [0.717, 1.165) is 30.2 Å². The Morgan fingerprint density at radius 1 is 1.14 bits per heavy atom. The second kappa shape index (κ2) is 13.5. The number of hydrogen-bond acceptors (Lipinski definition) is 4. The lowest BCUT2D eigenvalue weighted by molar-refractivity contribution is -0.128. The fourth-order valence-corrected chi connectivity index (χ4v) is 4.36. The summed E-state index contributed by atoms with van der Waals surface area (Å²) in [5.41, 5.74) is 2.28. The van der Waals surface area contributed by atoms with Crippen molar-refractivity contribution in [3.63, 3.8) is 0 Å². The maximum Gasteiger partial charge on any atom is 0.273 e. The Bertz CT molecular complexity index is 1140. The molecule has 0 radical (unpaired) electrons. The van der Waals surface area contributed by atoms with Gasteiger partial charge in [-0.2, -0.15) is 0 Å². The van der Waals surface area contributed by atoms with Crippen molar-refractivity contribution in [3.8, 4) is 12.3 Å². The van der Waals surface area contributed by atoms with Crippen LogP contribution in [0, 0.1) is 24.7 Å². The number of amides is 1. The standard InChI is InChI=1S/C20H29NO2S.C10H9F2N/c1-14(24)19(20(3,4)15(2)22)17-12-10-16(11-13-17)8-7-9-18(23)21(5)6;1-4-9-8(10(3,11)12)5-7(2)6-13-9/h10-13,19H,7-9H2,1-6H3;1,5-6H,2-3H3. The highest BCUT2D eigenvalue weighted by atomic mass is 32.1. The molecule has 2 rings (SSSR count). The number of terminal acetylenes is 1. The number of alkyl halides is 2. The van der Waals surface area contributed by atoms with Crippen LogP contribution < -0.4 is 0 Å². The molecule has 7 heteroatoms. The largest absolute Gasteiger partial charge is 0.349 e. The number of nitrogens with zero attached hydrogens (tertiary/aromatic N) is 2. The molecule has 0 saturated heterocycles. The highest BCUT2D eigenvalue weighted by molar-refractivity contribution is 7.80. The number of halogens is 2. The molecular formula is C30H38F2N2O2S.